The molecule has 1 heterocycles. The van der Waals surface area contributed by atoms with E-state index in [9.17, 15) is 4.79 Å². The summed E-state index contributed by atoms with van der Waals surface area (Å²) in [5.74, 6) is 0. The molecule has 4 nitrogen and oxygen atoms in total. The minimum absolute atomic E-state index is 0.489. The van der Waals surface area contributed by atoms with Gasteiger partial charge in [-0.25, -0.2) is 0 Å². The highest BCUT2D eigenvalue weighted by Gasteiger charge is 2.26. The van der Waals surface area contributed by atoms with Gasteiger partial charge in [0.2, 0.25) is 0 Å². The number of nitrogens with zero attached hydrogens (tertiary/aromatic N) is 3. The molecule has 0 aromatic carbocycles. The van der Waals surface area contributed by atoms with E-state index in [0.717, 1.165) is 35.8 Å². The second kappa shape index (κ2) is 6.09. The third kappa shape index (κ3) is 3.37. The topological polar surface area (TPSA) is 45.6 Å². The van der Waals surface area contributed by atoms with Gasteiger partial charge in [-0.15, -0.1) is 0 Å². The first-order valence-electron chi connectivity index (χ1n) is 6.26. The predicted octanol–water partition coefficient (Wildman–Crippen LogP) is 2.73. The second-order valence-corrected chi connectivity index (χ2v) is 4.52. The zero-order valence-corrected chi connectivity index (χ0v) is 11.0. The van der Waals surface area contributed by atoms with Crippen molar-refractivity contribution < 1.29 is 4.79 Å². The second-order valence-electron chi connectivity index (χ2n) is 4.52. The highest BCUT2D eigenvalue weighted by atomic mass is 16.1. The maximum absolute atomic E-state index is 10.4. The Labute approximate surface area is 113 Å². The molecule has 2 rings (SSSR count). The molecule has 1 saturated carbocycles. The lowest BCUT2D eigenvalue weighted by Crippen LogP contribution is -2.12. The number of carbonyl (C=O) groups is 1. The van der Waals surface area contributed by atoms with Gasteiger partial charge in [-0.3, -0.25) is 14.8 Å². The first-order valence-corrected chi connectivity index (χ1v) is 6.26. The molecular formula is C15H17N3O. The van der Waals surface area contributed by atoms with Crippen LogP contribution in [-0.2, 0) is 4.79 Å². The smallest absolute Gasteiger partial charge is 0.142 e. The van der Waals surface area contributed by atoms with E-state index in [4.69, 9.17) is 0 Å². The van der Waals surface area contributed by atoms with Gasteiger partial charge >= 0.3 is 0 Å². The van der Waals surface area contributed by atoms with Gasteiger partial charge in [-0.2, -0.15) is 5.10 Å². The van der Waals surface area contributed by atoms with Crippen molar-refractivity contribution >= 4 is 24.7 Å². The molecule has 0 N–H and O–H groups in total. The maximum atomic E-state index is 10.4. The fraction of sp³-hybridized carbons (Fsp3) is 0.267. The molecule has 0 bridgehead atoms. The van der Waals surface area contributed by atoms with Gasteiger partial charge in [0.05, 0.1) is 6.04 Å². The third-order valence-electron chi connectivity index (χ3n) is 3.04. The number of aromatic nitrogens is 1. The Kier molecular flexibility index (Phi) is 4.23. The molecule has 0 aliphatic heterocycles. The highest BCUT2D eigenvalue weighted by molar-refractivity contribution is 5.79. The molecule has 1 aromatic rings. The van der Waals surface area contributed by atoms with Crippen LogP contribution in [0.2, 0.25) is 0 Å². The van der Waals surface area contributed by atoms with E-state index in [1.54, 1.807) is 18.5 Å². The van der Waals surface area contributed by atoms with E-state index in [1.165, 1.54) is 6.08 Å². The van der Waals surface area contributed by atoms with Crippen molar-refractivity contribution in [1.82, 2.24) is 9.99 Å². The van der Waals surface area contributed by atoms with Gasteiger partial charge in [-0.1, -0.05) is 0 Å². The van der Waals surface area contributed by atoms with Gasteiger partial charge in [0.1, 0.15) is 6.29 Å². The number of hydrazone groups is 1. The Morgan fingerprint density at radius 2 is 2.37 bits per heavy atom. The Morgan fingerprint density at radius 3 is 3.00 bits per heavy atom. The molecule has 0 atom stereocenters. The highest BCUT2D eigenvalue weighted by Crippen LogP contribution is 2.29. The summed E-state index contributed by atoms with van der Waals surface area (Å²) >= 11 is 0. The zero-order valence-electron chi connectivity index (χ0n) is 11.0. The summed E-state index contributed by atoms with van der Waals surface area (Å²) in [5.41, 5.74) is 3.04. The SMILES string of the molecule is C=NN(/C=C(\C)c1ccncc1/C=C/C=O)C1CC1. The standard InChI is InChI=1S/C15H17N3O/c1-12(11-18(16-2)14-5-6-14)15-7-8-17-10-13(15)4-3-9-19/h3-4,7-11,14H,2,5-6H2,1H3/b4-3+,12-11+. The average Bonchev–Trinajstić information content (AvgIpc) is 3.27. The maximum Gasteiger partial charge on any atom is 0.142 e. The minimum Gasteiger partial charge on any atom is -0.299 e. The van der Waals surface area contributed by atoms with E-state index in [-0.39, 0.29) is 0 Å². The summed E-state index contributed by atoms with van der Waals surface area (Å²) in [6, 6.07) is 2.42. The van der Waals surface area contributed by atoms with Crippen LogP contribution in [0.5, 0.6) is 0 Å². The molecule has 4 heteroatoms. The number of carbonyl (C=O) groups excluding carboxylic acids is 1. The van der Waals surface area contributed by atoms with E-state index in [2.05, 4.69) is 16.8 Å². The van der Waals surface area contributed by atoms with Crippen molar-refractivity contribution in [3.8, 4) is 0 Å². The lowest BCUT2D eigenvalue weighted by Gasteiger charge is -2.14. The quantitative estimate of drug-likeness (QED) is 0.340. The van der Waals surface area contributed by atoms with Crippen LogP contribution in [0.3, 0.4) is 0 Å². The Balaban J connectivity index is 2.29. The monoisotopic (exact) mass is 255 g/mol. The van der Waals surface area contributed by atoms with Gasteiger partial charge < -0.3 is 0 Å². The summed E-state index contributed by atoms with van der Waals surface area (Å²) in [7, 11) is 0. The number of rotatable bonds is 6. The molecule has 0 amide bonds. The lowest BCUT2D eigenvalue weighted by atomic mass is 10.0. The third-order valence-corrected chi connectivity index (χ3v) is 3.04. The van der Waals surface area contributed by atoms with Crippen LogP contribution in [0.15, 0.2) is 35.8 Å². The van der Waals surface area contributed by atoms with Gasteiger partial charge in [0, 0.05) is 30.9 Å². The summed E-state index contributed by atoms with van der Waals surface area (Å²) in [6.07, 6.45) is 11.8. The summed E-state index contributed by atoms with van der Waals surface area (Å²) in [5, 5.41) is 5.93. The van der Waals surface area contributed by atoms with Gasteiger partial charge in [0.25, 0.3) is 0 Å². The normalized spacial score (nSPS) is 15.5. The van der Waals surface area contributed by atoms with Crippen LogP contribution in [0.4, 0.5) is 0 Å². The van der Waals surface area contributed by atoms with Crippen LogP contribution in [0.1, 0.15) is 30.9 Å². The first kappa shape index (κ1) is 13.2. The molecule has 0 radical (unpaired) electrons. The Morgan fingerprint density at radius 1 is 1.58 bits per heavy atom. The fourth-order valence-electron chi connectivity index (χ4n) is 1.91. The molecule has 98 valence electrons. The van der Waals surface area contributed by atoms with E-state index < -0.39 is 0 Å². The van der Waals surface area contributed by atoms with Crippen molar-refractivity contribution in [1.29, 1.82) is 0 Å². The van der Waals surface area contributed by atoms with Crippen LogP contribution in [0, 0.1) is 0 Å². The van der Waals surface area contributed by atoms with Crippen molar-refractivity contribution in [3.63, 3.8) is 0 Å². The van der Waals surface area contributed by atoms with Gasteiger partial charge in [0.15, 0.2) is 0 Å². The number of pyridine rings is 1. The minimum atomic E-state index is 0.489. The molecule has 0 saturated heterocycles. The Hall–Kier alpha value is -2.23. The summed E-state index contributed by atoms with van der Waals surface area (Å²) in [4.78, 5) is 14.5. The predicted molar refractivity (Wildman–Crippen MR) is 77.4 cm³/mol. The molecule has 1 aliphatic carbocycles. The van der Waals surface area contributed by atoms with Crippen molar-refractivity contribution in [2.75, 3.05) is 0 Å². The lowest BCUT2D eigenvalue weighted by molar-refractivity contribution is -0.104. The van der Waals surface area contributed by atoms with Crippen molar-refractivity contribution in [3.05, 3.63) is 41.9 Å². The largest absolute Gasteiger partial charge is 0.299 e. The molecule has 0 spiro atoms. The van der Waals surface area contributed by atoms with Crippen LogP contribution < -0.4 is 0 Å². The van der Waals surface area contributed by atoms with Crippen LogP contribution >= 0.6 is 0 Å². The van der Waals surface area contributed by atoms with E-state index in [0.29, 0.717) is 6.04 Å². The number of hydrogen-bond acceptors (Lipinski definition) is 4. The number of aldehydes is 1. The molecule has 0 unspecified atom stereocenters. The average molecular weight is 255 g/mol. The number of allylic oxidation sites excluding steroid dienone is 2. The zero-order chi connectivity index (χ0) is 13.7. The van der Waals surface area contributed by atoms with Crippen molar-refractivity contribution in [2.24, 2.45) is 5.10 Å². The molecule has 1 fully saturated rings. The molecule has 19 heavy (non-hydrogen) atoms. The van der Waals surface area contributed by atoms with Gasteiger partial charge in [-0.05, 0) is 49.1 Å². The molecule has 1 aliphatic rings. The molecule has 1 aromatic heterocycles. The van der Waals surface area contributed by atoms with Crippen molar-refractivity contribution in [2.45, 2.75) is 25.8 Å². The van der Waals surface area contributed by atoms with E-state index in [1.807, 2.05) is 24.2 Å². The summed E-state index contributed by atoms with van der Waals surface area (Å²) in [6.45, 7) is 5.62. The first-order chi connectivity index (χ1) is 9.26. The van der Waals surface area contributed by atoms with E-state index >= 15 is 0 Å². The summed E-state index contributed by atoms with van der Waals surface area (Å²) < 4.78 is 0. The fourth-order valence-corrected chi connectivity index (χ4v) is 1.91. The van der Waals surface area contributed by atoms with Crippen LogP contribution in [-0.4, -0.2) is 29.0 Å². The van der Waals surface area contributed by atoms with Crippen LogP contribution in [0.25, 0.3) is 11.6 Å². The Bertz CT molecular complexity index is 530. The molecular weight excluding hydrogens is 238 g/mol. The number of hydrogen-bond donors (Lipinski definition) is 0.